The normalized spacial score (nSPS) is 18.2. The van der Waals surface area contributed by atoms with E-state index in [2.05, 4.69) is 15.3 Å². The standard InChI is InChI=1S/C27H29F4N5O3/c1-14-21(6-5-9-36(14)25(38)39-26(2,3)4)35-24-19-11-15(10-18(23(32)37)22(19)33-13-34-24)17-8-7-16(12-20(17)28)27(29,30)31/h7-8,10-14,21H,5-6,9H2,1-4H3,(H2,32,37)(H,33,34,35). The molecular weight excluding hydrogens is 518 g/mol. The largest absolute Gasteiger partial charge is 0.444 e. The number of halogens is 4. The van der Waals surface area contributed by atoms with Gasteiger partial charge in [0.2, 0.25) is 0 Å². The van der Waals surface area contributed by atoms with E-state index >= 15 is 0 Å². The summed E-state index contributed by atoms with van der Waals surface area (Å²) in [4.78, 5) is 35.2. The van der Waals surface area contributed by atoms with Crippen molar-refractivity contribution in [3.63, 3.8) is 0 Å². The van der Waals surface area contributed by atoms with E-state index < -0.39 is 35.2 Å². The summed E-state index contributed by atoms with van der Waals surface area (Å²) in [7, 11) is 0. The van der Waals surface area contributed by atoms with Crippen LogP contribution in [0.5, 0.6) is 0 Å². The van der Waals surface area contributed by atoms with E-state index in [0.717, 1.165) is 12.1 Å². The van der Waals surface area contributed by atoms with E-state index in [1.165, 1.54) is 18.5 Å². The van der Waals surface area contributed by atoms with Gasteiger partial charge in [0, 0.05) is 23.5 Å². The highest BCUT2D eigenvalue weighted by atomic mass is 19.4. The number of likely N-dealkylation sites (tertiary alicyclic amines) is 1. The van der Waals surface area contributed by atoms with Crippen LogP contribution in [0.25, 0.3) is 22.0 Å². The number of hydrogen-bond acceptors (Lipinski definition) is 6. The number of anilines is 1. The Kier molecular flexibility index (Phi) is 7.42. The van der Waals surface area contributed by atoms with E-state index in [1.54, 1.807) is 25.7 Å². The highest BCUT2D eigenvalue weighted by Crippen LogP contribution is 2.36. The fourth-order valence-corrected chi connectivity index (χ4v) is 4.64. The topological polar surface area (TPSA) is 110 Å². The van der Waals surface area contributed by atoms with Crippen LogP contribution in [0.1, 0.15) is 56.5 Å². The van der Waals surface area contributed by atoms with E-state index in [9.17, 15) is 27.2 Å². The lowest BCUT2D eigenvalue weighted by Crippen LogP contribution is -2.53. The maximum absolute atomic E-state index is 14.8. The number of nitrogens with zero attached hydrogens (tertiary/aromatic N) is 3. The second-order valence-electron chi connectivity index (χ2n) is 10.5. The Labute approximate surface area is 222 Å². The number of hydrogen-bond donors (Lipinski definition) is 2. The van der Waals surface area contributed by atoms with Crippen molar-refractivity contribution < 1.29 is 31.9 Å². The summed E-state index contributed by atoms with van der Waals surface area (Å²) in [6.07, 6.45) is -2.52. The zero-order valence-electron chi connectivity index (χ0n) is 21.9. The molecule has 12 heteroatoms. The first kappa shape index (κ1) is 28.1. The van der Waals surface area contributed by atoms with Gasteiger partial charge in [0.15, 0.2) is 0 Å². The molecule has 1 fully saturated rings. The Morgan fingerprint density at radius 1 is 1.13 bits per heavy atom. The molecule has 1 aliphatic heterocycles. The van der Waals surface area contributed by atoms with Crippen LogP contribution in [0.4, 0.5) is 28.2 Å². The molecule has 3 aromatic rings. The molecule has 0 radical (unpaired) electrons. The molecule has 3 N–H and O–H groups in total. The molecule has 208 valence electrons. The first-order valence-corrected chi connectivity index (χ1v) is 12.4. The SMILES string of the molecule is CC1C(Nc2ncnc3c(C(N)=O)cc(-c4ccc(C(F)(F)F)cc4F)cc23)CCCN1C(=O)OC(C)(C)C. The van der Waals surface area contributed by atoms with Crippen molar-refractivity contribution in [2.75, 3.05) is 11.9 Å². The van der Waals surface area contributed by atoms with Crippen LogP contribution in [-0.2, 0) is 10.9 Å². The van der Waals surface area contributed by atoms with Crippen molar-refractivity contribution in [2.24, 2.45) is 5.73 Å². The molecule has 0 saturated carbocycles. The molecule has 1 aromatic heterocycles. The Bertz CT molecular complexity index is 1420. The Hall–Kier alpha value is -3.96. The molecule has 2 unspecified atom stereocenters. The van der Waals surface area contributed by atoms with Gasteiger partial charge < -0.3 is 20.7 Å². The summed E-state index contributed by atoms with van der Waals surface area (Å²) in [5, 5.41) is 3.64. The molecule has 0 bridgehead atoms. The second-order valence-corrected chi connectivity index (χ2v) is 10.5. The van der Waals surface area contributed by atoms with Crippen molar-refractivity contribution >= 4 is 28.7 Å². The molecule has 39 heavy (non-hydrogen) atoms. The smallest absolute Gasteiger partial charge is 0.416 e. The summed E-state index contributed by atoms with van der Waals surface area (Å²) in [6.45, 7) is 7.75. The summed E-state index contributed by atoms with van der Waals surface area (Å²) in [5.74, 6) is -1.65. The molecule has 1 aliphatic rings. The van der Waals surface area contributed by atoms with Crippen LogP contribution in [0.2, 0.25) is 0 Å². The van der Waals surface area contributed by atoms with Gasteiger partial charge >= 0.3 is 12.3 Å². The zero-order valence-corrected chi connectivity index (χ0v) is 21.9. The molecule has 0 aliphatic carbocycles. The highest BCUT2D eigenvalue weighted by molar-refractivity contribution is 6.09. The molecule has 2 atom stereocenters. The summed E-state index contributed by atoms with van der Waals surface area (Å²) < 4.78 is 59.6. The van der Waals surface area contributed by atoms with Crippen LogP contribution in [-0.4, -0.2) is 51.1 Å². The Morgan fingerprint density at radius 3 is 2.46 bits per heavy atom. The average Bonchev–Trinajstić information content (AvgIpc) is 2.83. The predicted molar refractivity (Wildman–Crippen MR) is 137 cm³/mol. The lowest BCUT2D eigenvalue weighted by molar-refractivity contribution is -0.137. The van der Waals surface area contributed by atoms with E-state index in [1.807, 2.05) is 6.92 Å². The number of aromatic nitrogens is 2. The second kappa shape index (κ2) is 10.3. The third-order valence-corrected chi connectivity index (χ3v) is 6.55. The van der Waals surface area contributed by atoms with Gasteiger partial charge in [-0.05, 0) is 70.4 Å². The molecule has 8 nitrogen and oxygen atoms in total. The highest BCUT2D eigenvalue weighted by Gasteiger charge is 2.35. The van der Waals surface area contributed by atoms with Crippen LogP contribution in [0, 0.1) is 5.82 Å². The number of ether oxygens (including phenoxy) is 1. The molecule has 2 aromatic carbocycles. The van der Waals surface area contributed by atoms with Crippen LogP contribution >= 0.6 is 0 Å². The quantitative estimate of drug-likeness (QED) is 0.402. The maximum atomic E-state index is 14.8. The third kappa shape index (κ3) is 6.04. The molecule has 0 spiro atoms. The van der Waals surface area contributed by atoms with E-state index in [0.29, 0.717) is 36.7 Å². The fraction of sp³-hybridized carbons (Fsp3) is 0.407. The molecule has 2 heterocycles. The molecule has 2 amide bonds. The van der Waals surface area contributed by atoms with Crippen molar-refractivity contribution in [2.45, 2.75) is 64.4 Å². The predicted octanol–water partition coefficient (Wildman–Crippen LogP) is 5.75. The summed E-state index contributed by atoms with van der Waals surface area (Å²) in [6, 6.07) is 4.41. The number of piperidine rings is 1. The average molecular weight is 548 g/mol. The van der Waals surface area contributed by atoms with E-state index in [-0.39, 0.29) is 34.3 Å². The number of carbonyl (C=O) groups excluding carboxylic acids is 2. The number of amides is 2. The third-order valence-electron chi connectivity index (χ3n) is 6.55. The summed E-state index contributed by atoms with van der Waals surface area (Å²) >= 11 is 0. The number of fused-ring (bicyclic) bond motifs is 1. The number of benzene rings is 2. The number of alkyl halides is 3. The summed E-state index contributed by atoms with van der Waals surface area (Å²) in [5.41, 5.74) is 3.93. The monoisotopic (exact) mass is 547 g/mol. The lowest BCUT2D eigenvalue weighted by atomic mass is 9.96. The Morgan fingerprint density at radius 2 is 1.85 bits per heavy atom. The van der Waals surface area contributed by atoms with Gasteiger partial charge in [0.1, 0.15) is 23.6 Å². The van der Waals surface area contributed by atoms with Gasteiger partial charge in [-0.2, -0.15) is 13.2 Å². The van der Waals surface area contributed by atoms with Gasteiger partial charge in [0.05, 0.1) is 22.7 Å². The minimum absolute atomic E-state index is 0.0423. The van der Waals surface area contributed by atoms with Gasteiger partial charge in [-0.25, -0.2) is 19.2 Å². The zero-order chi connectivity index (χ0) is 28.7. The Balaban J connectivity index is 1.74. The maximum Gasteiger partial charge on any atom is 0.416 e. The molecule has 4 rings (SSSR count). The van der Waals surface area contributed by atoms with Crippen LogP contribution in [0.3, 0.4) is 0 Å². The van der Waals surface area contributed by atoms with E-state index in [4.69, 9.17) is 10.5 Å². The number of nitrogens with one attached hydrogen (secondary N) is 1. The minimum atomic E-state index is -4.71. The molecule has 1 saturated heterocycles. The van der Waals surface area contributed by atoms with Crippen molar-refractivity contribution in [1.29, 1.82) is 0 Å². The number of primary amides is 1. The first-order valence-electron chi connectivity index (χ1n) is 12.4. The van der Waals surface area contributed by atoms with Crippen molar-refractivity contribution in [1.82, 2.24) is 14.9 Å². The number of carbonyl (C=O) groups is 2. The van der Waals surface area contributed by atoms with Gasteiger partial charge in [-0.3, -0.25) is 4.79 Å². The molecular formula is C27H29F4N5O3. The lowest BCUT2D eigenvalue weighted by Gasteiger charge is -2.40. The van der Waals surface area contributed by atoms with Gasteiger partial charge in [-0.1, -0.05) is 6.07 Å². The van der Waals surface area contributed by atoms with Crippen molar-refractivity contribution in [3.05, 3.63) is 53.6 Å². The van der Waals surface area contributed by atoms with Crippen LogP contribution in [0.15, 0.2) is 36.7 Å². The van der Waals surface area contributed by atoms with Crippen LogP contribution < -0.4 is 11.1 Å². The van der Waals surface area contributed by atoms with Crippen molar-refractivity contribution in [3.8, 4) is 11.1 Å². The fourth-order valence-electron chi connectivity index (χ4n) is 4.64. The number of rotatable bonds is 4. The minimum Gasteiger partial charge on any atom is -0.444 e. The van der Waals surface area contributed by atoms with Gasteiger partial charge in [0.25, 0.3) is 5.91 Å². The van der Waals surface area contributed by atoms with Gasteiger partial charge in [-0.15, -0.1) is 0 Å². The number of nitrogens with two attached hydrogens (primary N) is 1. The first-order chi connectivity index (χ1) is 18.2.